The lowest BCUT2D eigenvalue weighted by atomic mass is 9.89. The van der Waals surface area contributed by atoms with Crippen molar-refractivity contribution in [3.05, 3.63) is 17.3 Å². The molecule has 0 spiro atoms. The summed E-state index contributed by atoms with van der Waals surface area (Å²) in [6.07, 6.45) is 2.39. The van der Waals surface area contributed by atoms with Crippen LogP contribution in [0.4, 0.5) is 5.82 Å². The lowest BCUT2D eigenvalue weighted by molar-refractivity contribution is 0.636. The van der Waals surface area contributed by atoms with Gasteiger partial charge in [-0.2, -0.15) is 5.10 Å². The van der Waals surface area contributed by atoms with E-state index in [1.165, 1.54) is 17.0 Å². The lowest BCUT2D eigenvalue weighted by Crippen LogP contribution is -2.41. The zero-order valence-electron chi connectivity index (χ0n) is 12.3. The third-order valence-corrected chi connectivity index (χ3v) is 3.72. The van der Waals surface area contributed by atoms with Crippen molar-refractivity contribution in [1.82, 2.24) is 15.1 Å². The summed E-state index contributed by atoms with van der Waals surface area (Å²) in [4.78, 5) is 2.32. The highest BCUT2D eigenvalue weighted by molar-refractivity contribution is 5.81. The topological polar surface area (TPSA) is 33.1 Å². The molecule has 2 heterocycles. The van der Waals surface area contributed by atoms with E-state index in [1.54, 1.807) is 0 Å². The molecule has 0 bridgehead atoms. The lowest BCUT2D eigenvalue weighted by Gasteiger charge is -2.34. The van der Waals surface area contributed by atoms with Crippen LogP contribution in [0.2, 0.25) is 0 Å². The molecule has 0 saturated heterocycles. The fraction of sp³-hybridized carbons (Fsp3) is 0.643. The summed E-state index contributed by atoms with van der Waals surface area (Å²) in [7, 11) is 6.18. The number of rotatable bonds is 3. The zero-order chi connectivity index (χ0) is 13.4. The van der Waals surface area contributed by atoms with Crippen molar-refractivity contribution in [3.63, 3.8) is 0 Å². The Morgan fingerprint density at radius 2 is 2.06 bits per heavy atom. The number of anilines is 1. The van der Waals surface area contributed by atoms with Crippen LogP contribution in [0.15, 0.2) is 6.08 Å². The maximum absolute atomic E-state index is 4.58. The third-order valence-electron chi connectivity index (χ3n) is 3.72. The standard InChI is InChI=1S/C14H24N4/c1-9(2)12-7-11(8-15-4)17(5)14-13(12)10(3)16-18(14)6/h7,9,11,15H,8H2,1-6H3. The number of aryl methyl sites for hydroxylation is 2. The zero-order valence-corrected chi connectivity index (χ0v) is 12.3. The molecule has 1 aliphatic heterocycles. The van der Waals surface area contributed by atoms with Crippen molar-refractivity contribution in [2.24, 2.45) is 13.0 Å². The summed E-state index contributed by atoms with van der Waals surface area (Å²) in [5.41, 5.74) is 3.87. The van der Waals surface area contributed by atoms with Crippen LogP contribution < -0.4 is 10.2 Å². The van der Waals surface area contributed by atoms with Crippen LogP contribution in [0.3, 0.4) is 0 Å². The number of aromatic nitrogens is 2. The minimum absolute atomic E-state index is 0.398. The summed E-state index contributed by atoms with van der Waals surface area (Å²) >= 11 is 0. The maximum atomic E-state index is 4.58. The first-order chi connectivity index (χ1) is 8.47. The molecule has 1 N–H and O–H groups in total. The van der Waals surface area contributed by atoms with Gasteiger partial charge in [0, 0.05) is 26.2 Å². The summed E-state index contributed by atoms with van der Waals surface area (Å²) in [6.45, 7) is 7.56. The second-order valence-corrected chi connectivity index (χ2v) is 5.42. The van der Waals surface area contributed by atoms with Crippen LogP contribution in [0.1, 0.15) is 25.1 Å². The number of nitrogens with one attached hydrogen (secondary N) is 1. The van der Waals surface area contributed by atoms with E-state index in [2.05, 4.69) is 49.2 Å². The molecule has 1 unspecified atom stereocenters. The molecule has 1 atom stereocenters. The molecule has 1 aromatic rings. The molecule has 0 amide bonds. The van der Waals surface area contributed by atoms with Gasteiger partial charge < -0.3 is 10.2 Å². The molecule has 2 rings (SSSR count). The second kappa shape index (κ2) is 4.76. The first-order valence-electron chi connectivity index (χ1n) is 6.60. The van der Waals surface area contributed by atoms with Gasteiger partial charge in [0.15, 0.2) is 0 Å². The van der Waals surface area contributed by atoms with E-state index >= 15 is 0 Å². The molecule has 0 aromatic carbocycles. The molecule has 0 aliphatic carbocycles. The van der Waals surface area contributed by atoms with Gasteiger partial charge in [0.2, 0.25) is 0 Å². The number of hydrogen-bond acceptors (Lipinski definition) is 3. The highest BCUT2D eigenvalue weighted by Gasteiger charge is 2.29. The molecule has 1 aliphatic rings. The number of hydrogen-bond donors (Lipinski definition) is 1. The summed E-state index contributed by atoms with van der Waals surface area (Å²) in [6, 6.07) is 0.398. The molecular weight excluding hydrogens is 224 g/mol. The van der Waals surface area contributed by atoms with Crippen molar-refractivity contribution in [2.45, 2.75) is 26.8 Å². The van der Waals surface area contributed by atoms with Gasteiger partial charge in [-0.3, -0.25) is 4.68 Å². The SMILES string of the molecule is CNCC1C=C(C(C)C)c2c(C)nn(C)c2N1C. The monoisotopic (exact) mass is 248 g/mol. The van der Waals surface area contributed by atoms with Gasteiger partial charge in [-0.25, -0.2) is 0 Å². The Kier molecular flexibility index (Phi) is 3.48. The molecule has 1 aromatic heterocycles. The Balaban J connectivity index is 2.56. The minimum Gasteiger partial charge on any atom is -0.352 e. The van der Waals surface area contributed by atoms with Gasteiger partial charge in [0.05, 0.1) is 11.7 Å². The summed E-state index contributed by atoms with van der Waals surface area (Å²) in [5, 5.41) is 7.85. The van der Waals surface area contributed by atoms with E-state index in [1.807, 2.05) is 18.8 Å². The van der Waals surface area contributed by atoms with Gasteiger partial charge in [-0.1, -0.05) is 19.9 Å². The Labute approximate surface area is 110 Å². The predicted octanol–water partition coefficient (Wildman–Crippen LogP) is 1.81. The molecule has 100 valence electrons. The highest BCUT2D eigenvalue weighted by atomic mass is 15.4. The average Bonchev–Trinajstić information content (AvgIpc) is 2.58. The van der Waals surface area contributed by atoms with Crippen molar-refractivity contribution < 1.29 is 0 Å². The van der Waals surface area contributed by atoms with Crippen LogP contribution in [-0.2, 0) is 7.05 Å². The van der Waals surface area contributed by atoms with Crippen molar-refractivity contribution in [1.29, 1.82) is 0 Å². The van der Waals surface area contributed by atoms with Crippen LogP contribution >= 0.6 is 0 Å². The molecule has 4 heteroatoms. The van der Waals surface area contributed by atoms with Gasteiger partial charge in [-0.05, 0) is 25.5 Å². The minimum atomic E-state index is 0.398. The number of likely N-dealkylation sites (N-methyl/N-ethyl adjacent to an activating group) is 2. The summed E-state index contributed by atoms with van der Waals surface area (Å²) < 4.78 is 2.00. The Morgan fingerprint density at radius 3 is 2.61 bits per heavy atom. The first-order valence-corrected chi connectivity index (χ1v) is 6.60. The van der Waals surface area contributed by atoms with E-state index in [4.69, 9.17) is 0 Å². The number of nitrogens with zero attached hydrogens (tertiary/aromatic N) is 3. The van der Waals surface area contributed by atoms with Crippen LogP contribution in [0.25, 0.3) is 5.57 Å². The van der Waals surface area contributed by atoms with Crippen LogP contribution in [0, 0.1) is 12.8 Å². The van der Waals surface area contributed by atoms with E-state index in [9.17, 15) is 0 Å². The smallest absolute Gasteiger partial charge is 0.134 e. The van der Waals surface area contributed by atoms with Gasteiger partial charge >= 0.3 is 0 Å². The van der Waals surface area contributed by atoms with E-state index in [-0.39, 0.29) is 0 Å². The fourth-order valence-electron chi connectivity index (χ4n) is 2.83. The molecular formula is C14H24N4. The molecule has 4 nitrogen and oxygen atoms in total. The highest BCUT2D eigenvalue weighted by Crippen LogP contribution is 2.38. The third kappa shape index (κ3) is 1.94. The van der Waals surface area contributed by atoms with E-state index < -0.39 is 0 Å². The van der Waals surface area contributed by atoms with Crippen molar-refractivity contribution in [3.8, 4) is 0 Å². The maximum Gasteiger partial charge on any atom is 0.134 e. The first kappa shape index (κ1) is 13.1. The van der Waals surface area contributed by atoms with Crippen molar-refractivity contribution >= 4 is 11.4 Å². The number of allylic oxidation sites excluding steroid dienone is 1. The summed E-state index contributed by atoms with van der Waals surface area (Å²) in [5.74, 6) is 1.76. The fourth-order valence-corrected chi connectivity index (χ4v) is 2.83. The molecule has 0 fully saturated rings. The Hall–Kier alpha value is -1.29. The second-order valence-electron chi connectivity index (χ2n) is 5.42. The van der Waals surface area contributed by atoms with Gasteiger partial charge in [-0.15, -0.1) is 0 Å². The number of fused-ring (bicyclic) bond motifs is 1. The molecule has 0 saturated carbocycles. The van der Waals surface area contributed by atoms with E-state index in [0.717, 1.165) is 12.2 Å². The molecule has 0 radical (unpaired) electrons. The molecule has 18 heavy (non-hydrogen) atoms. The normalized spacial score (nSPS) is 19.2. The van der Waals surface area contributed by atoms with Crippen LogP contribution in [-0.4, -0.2) is 36.5 Å². The Morgan fingerprint density at radius 1 is 1.39 bits per heavy atom. The quantitative estimate of drug-likeness (QED) is 0.885. The van der Waals surface area contributed by atoms with E-state index in [0.29, 0.717) is 12.0 Å². The Bertz CT molecular complexity index is 470. The van der Waals surface area contributed by atoms with Crippen LogP contribution in [0.5, 0.6) is 0 Å². The largest absolute Gasteiger partial charge is 0.352 e. The average molecular weight is 248 g/mol. The van der Waals surface area contributed by atoms with Crippen molar-refractivity contribution in [2.75, 3.05) is 25.5 Å². The van der Waals surface area contributed by atoms with Gasteiger partial charge in [0.25, 0.3) is 0 Å². The van der Waals surface area contributed by atoms with Gasteiger partial charge in [0.1, 0.15) is 5.82 Å². The predicted molar refractivity (Wildman–Crippen MR) is 76.9 cm³/mol.